The fourth-order valence-corrected chi connectivity index (χ4v) is 2.93. The average molecular weight is 340 g/mol. The fourth-order valence-electron chi connectivity index (χ4n) is 2.93. The van der Waals surface area contributed by atoms with E-state index in [4.69, 9.17) is 19.9 Å². The average Bonchev–Trinajstić information content (AvgIpc) is 2.99. The van der Waals surface area contributed by atoms with Gasteiger partial charge in [-0.15, -0.1) is 5.10 Å². The molecular formula is C18H20N4O3. The smallest absolute Gasteiger partial charge is 0.244 e. The molecule has 2 heterocycles. The monoisotopic (exact) mass is 340 g/mol. The lowest BCUT2D eigenvalue weighted by atomic mass is 9.84. The summed E-state index contributed by atoms with van der Waals surface area (Å²) in [4.78, 5) is 0. The zero-order valence-corrected chi connectivity index (χ0v) is 14.4. The van der Waals surface area contributed by atoms with E-state index in [1.54, 1.807) is 7.11 Å². The Labute approximate surface area is 146 Å². The Bertz CT molecular complexity index is 864. The van der Waals surface area contributed by atoms with Crippen molar-refractivity contribution in [2.45, 2.75) is 26.2 Å². The summed E-state index contributed by atoms with van der Waals surface area (Å²) in [5.41, 5.74) is 8.76. The van der Waals surface area contributed by atoms with Crippen molar-refractivity contribution in [1.29, 1.82) is 5.26 Å². The maximum atomic E-state index is 9.59. The van der Waals surface area contributed by atoms with Gasteiger partial charge in [-0.25, -0.2) is 0 Å². The van der Waals surface area contributed by atoms with Crippen molar-refractivity contribution < 1.29 is 14.2 Å². The first-order chi connectivity index (χ1) is 12.1. The number of nitriles is 1. The van der Waals surface area contributed by atoms with Gasteiger partial charge in [-0.2, -0.15) is 5.26 Å². The number of nitrogens with two attached hydrogens (primary N) is 1. The molecule has 1 aliphatic rings. The summed E-state index contributed by atoms with van der Waals surface area (Å²) in [6.07, 6.45) is 0.903. The zero-order chi connectivity index (χ0) is 18.0. The van der Waals surface area contributed by atoms with E-state index < -0.39 is 0 Å². The molecule has 3 rings (SSSR count). The summed E-state index contributed by atoms with van der Waals surface area (Å²) in [7, 11) is 1.59. The number of hydrogen-bond acceptors (Lipinski definition) is 6. The minimum Gasteiger partial charge on any atom is -0.493 e. The van der Waals surface area contributed by atoms with Gasteiger partial charge >= 0.3 is 0 Å². The molecule has 0 bridgehead atoms. The molecular weight excluding hydrogens is 320 g/mol. The van der Waals surface area contributed by atoms with E-state index in [-0.39, 0.29) is 11.8 Å². The molecule has 2 aromatic rings. The third-order valence-corrected chi connectivity index (χ3v) is 4.11. The molecule has 0 saturated heterocycles. The second kappa shape index (κ2) is 6.77. The summed E-state index contributed by atoms with van der Waals surface area (Å²) in [6, 6.07) is 7.78. The number of allylic oxidation sites excluding steroid dienone is 1. The van der Waals surface area contributed by atoms with E-state index in [2.05, 4.69) is 16.3 Å². The first-order valence-corrected chi connectivity index (χ1v) is 8.03. The van der Waals surface area contributed by atoms with Crippen molar-refractivity contribution in [3.63, 3.8) is 0 Å². The van der Waals surface area contributed by atoms with Gasteiger partial charge in [0.25, 0.3) is 0 Å². The van der Waals surface area contributed by atoms with Gasteiger partial charge in [-0.3, -0.25) is 5.10 Å². The van der Waals surface area contributed by atoms with Crippen molar-refractivity contribution in [2.24, 2.45) is 5.73 Å². The SMILES string of the molecule is CCCOc1ccc([C@H]2C(C#N)=C(N)Oc3n[nH]c(C)c32)cc1OC. The number of ether oxygens (including phenoxy) is 3. The molecule has 1 atom stereocenters. The lowest BCUT2D eigenvalue weighted by Gasteiger charge is -2.24. The maximum Gasteiger partial charge on any atom is 0.244 e. The number of nitrogens with one attached hydrogen (secondary N) is 1. The number of aryl methyl sites for hydroxylation is 1. The molecule has 25 heavy (non-hydrogen) atoms. The molecule has 7 nitrogen and oxygen atoms in total. The predicted molar refractivity (Wildman–Crippen MR) is 91.4 cm³/mol. The fraction of sp³-hybridized carbons (Fsp3) is 0.333. The van der Waals surface area contributed by atoms with Crippen LogP contribution in [0.15, 0.2) is 29.7 Å². The summed E-state index contributed by atoms with van der Waals surface area (Å²) in [6.45, 7) is 4.53. The molecule has 0 saturated carbocycles. The largest absolute Gasteiger partial charge is 0.493 e. The third kappa shape index (κ3) is 2.87. The van der Waals surface area contributed by atoms with E-state index in [1.165, 1.54) is 0 Å². The summed E-state index contributed by atoms with van der Waals surface area (Å²) in [5, 5.41) is 16.6. The van der Waals surface area contributed by atoms with Crippen LogP contribution in [0, 0.1) is 18.3 Å². The van der Waals surface area contributed by atoms with E-state index in [0.29, 0.717) is 29.6 Å². The molecule has 130 valence electrons. The molecule has 3 N–H and O–H groups in total. The number of hydrogen-bond donors (Lipinski definition) is 2. The van der Waals surface area contributed by atoms with E-state index in [0.717, 1.165) is 23.2 Å². The second-order valence-electron chi connectivity index (χ2n) is 5.75. The first kappa shape index (κ1) is 16.7. The number of nitrogens with zero attached hydrogens (tertiary/aromatic N) is 2. The van der Waals surface area contributed by atoms with Crippen LogP contribution in [-0.4, -0.2) is 23.9 Å². The second-order valence-corrected chi connectivity index (χ2v) is 5.75. The summed E-state index contributed by atoms with van der Waals surface area (Å²) >= 11 is 0. The van der Waals surface area contributed by atoms with Gasteiger partial charge in [0.1, 0.15) is 11.6 Å². The maximum absolute atomic E-state index is 9.59. The van der Waals surface area contributed by atoms with Gasteiger partial charge in [0.15, 0.2) is 11.5 Å². The van der Waals surface area contributed by atoms with Crippen LogP contribution >= 0.6 is 0 Å². The lowest BCUT2D eigenvalue weighted by molar-refractivity contribution is 0.294. The van der Waals surface area contributed by atoms with Gasteiger partial charge in [0.2, 0.25) is 11.8 Å². The number of aromatic amines is 1. The Balaban J connectivity index is 2.11. The number of aromatic nitrogens is 2. The van der Waals surface area contributed by atoms with E-state index >= 15 is 0 Å². The van der Waals surface area contributed by atoms with Crippen molar-refractivity contribution in [1.82, 2.24) is 10.2 Å². The molecule has 1 aromatic carbocycles. The van der Waals surface area contributed by atoms with Crippen LogP contribution in [0.25, 0.3) is 0 Å². The van der Waals surface area contributed by atoms with Gasteiger partial charge in [-0.05, 0) is 31.0 Å². The van der Waals surface area contributed by atoms with Crippen molar-refractivity contribution in [2.75, 3.05) is 13.7 Å². The zero-order valence-electron chi connectivity index (χ0n) is 14.4. The molecule has 0 aliphatic carbocycles. The standard InChI is InChI=1S/C18H20N4O3/c1-4-7-24-13-6-5-11(8-14(13)23-3)16-12(9-19)17(20)25-18-15(16)10(2)21-22-18/h5-6,8,16H,4,7,20H2,1-3H3,(H,21,22)/t16-/m0/s1. The third-order valence-electron chi connectivity index (χ3n) is 4.11. The Hall–Kier alpha value is -3.14. The minimum absolute atomic E-state index is 0.0665. The Kier molecular flexibility index (Phi) is 4.52. The quantitative estimate of drug-likeness (QED) is 0.867. The van der Waals surface area contributed by atoms with E-state index in [1.807, 2.05) is 32.0 Å². The Morgan fingerprint density at radius 1 is 1.40 bits per heavy atom. The molecule has 0 amide bonds. The summed E-state index contributed by atoms with van der Waals surface area (Å²) in [5.74, 6) is 1.36. The van der Waals surface area contributed by atoms with Crippen LogP contribution in [0.4, 0.5) is 0 Å². The molecule has 0 spiro atoms. The Morgan fingerprint density at radius 3 is 2.88 bits per heavy atom. The minimum atomic E-state index is -0.373. The number of rotatable bonds is 5. The molecule has 0 fully saturated rings. The lowest BCUT2D eigenvalue weighted by Crippen LogP contribution is -2.21. The van der Waals surface area contributed by atoms with Crippen molar-refractivity contribution >= 4 is 0 Å². The first-order valence-electron chi connectivity index (χ1n) is 8.03. The highest BCUT2D eigenvalue weighted by Gasteiger charge is 2.34. The molecule has 1 aliphatic heterocycles. The van der Waals surface area contributed by atoms with Crippen LogP contribution < -0.4 is 19.9 Å². The highest BCUT2D eigenvalue weighted by molar-refractivity contribution is 5.57. The number of methoxy groups -OCH3 is 1. The van der Waals surface area contributed by atoms with Crippen LogP contribution in [0.2, 0.25) is 0 Å². The molecule has 1 aromatic heterocycles. The highest BCUT2D eigenvalue weighted by Crippen LogP contribution is 2.44. The highest BCUT2D eigenvalue weighted by atomic mass is 16.5. The van der Waals surface area contributed by atoms with E-state index in [9.17, 15) is 5.26 Å². The van der Waals surface area contributed by atoms with Crippen LogP contribution in [0.5, 0.6) is 17.4 Å². The number of H-pyrrole nitrogens is 1. The molecule has 0 unspecified atom stereocenters. The normalized spacial score (nSPS) is 16.0. The topological polar surface area (TPSA) is 106 Å². The van der Waals surface area contributed by atoms with Gasteiger partial charge in [0.05, 0.1) is 19.6 Å². The molecule has 0 radical (unpaired) electrons. The molecule has 7 heteroatoms. The predicted octanol–water partition coefficient (Wildman–Crippen LogP) is 2.73. The van der Waals surface area contributed by atoms with Crippen LogP contribution in [-0.2, 0) is 0 Å². The van der Waals surface area contributed by atoms with Crippen molar-refractivity contribution in [3.05, 3.63) is 46.5 Å². The van der Waals surface area contributed by atoms with Gasteiger partial charge in [0, 0.05) is 11.3 Å². The number of fused-ring (bicyclic) bond motifs is 1. The van der Waals surface area contributed by atoms with Gasteiger partial charge < -0.3 is 19.9 Å². The number of benzene rings is 1. The Morgan fingerprint density at radius 2 is 2.20 bits per heavy atom. The van der Waals surface area contributed by atoms with Gasteiger partial charge in [-0.1, -0.05) is 13.0 Å². The van der Waals surface area contributed by atoms with Crippen molar-refractivity contribution in [3.8, 4) is 23.4 Å². The summed E-state index contributed by atoms with van der Waals surface area (Å²) < 4.78 is 16.6. The van der Waals surface area contributed by atoms with Crippen LogP contribution in [0.1, 0.15) is 36.1 Å². The van der Waals surface area contributed by atoms with Crippen LogP contribution in [0.3, 0.4) is 0 Å².